The molecule has 0 heterocycles. The van der Waals surface area contributed by atoms with E-state index in [0.717, 1.165) is 0 Å². The van der Waals surface area contributed by atoms with Gasteiger partial charge in [-0.15, -0.1) is 0 Å². The molecule has 0 amide bonds. The van der Waals surface area contributed by atoms with Crippen molar-refractivity contribution < 1.29 is 5.48 Å². The number of unbranched alkanes of at least 4 members (excludes halogenated alkanes) is 60. The smallest absolute Gasteiger partial charge is 0.0536 e. The predicted octanol–water partition coefficient (Wildman–Crippen LogP) is 50.9. The average molecular weight is 1740 g/mol. The monoisotopic (exact) mass is 1740 g/mol. The van der Waals surface area contributed by atoms with Crippen LogP contribution in [0, 0.1) is 0 Å². The van der Waals surface area contributed by atoms with Crippen LogP contribution in [0.3, 0.4) is 0 Å². The van der Waals surface area contributed by atoms with Crippen molar-refractivity contribution in [3.05, 3.63) is 0 Å². The topological polar surface area (TPSA) is 31.5 Å². The molecule has 0 aliphatic rings. The SMILES string of the molecule is CCCCCC.CCCCCC.CCCCCC.CCCCCC.CCCCCC.CCCCCC.CCCCCC.CCCCCC.CCCCCC.CCCCCC.CCCCCC.CCCCCC.CCCCCC.CCCCCC.CCCCCC.CCCCCC.CCCCCC.CCCCCC.CCCCCC.CCCCCC.O. The van der Waals surface area contributed by atoms with Gasteiger partial charge in [0, 0.05) is 0 Å². The van der Waals surface area contributed by atoms with E-state index in [1.165, 1.54) is 514 Å². The first kappa shape index (κ1) is 174. The van der Waals surface area contributed by atoms with Gasteiger partial charge in [0.1, 0.15) is 0 Å². The number of hydrogen-bond donors (Lipinski definition) is 0. The molecule has 0 unspecified atom stereocenters. The lowest BCUT2D eigenvalue weighted by Gasteiger charge is -1.86. The van der Waals surface area contributed by atoms with E-state index in [1.54, 1.807) is 0 Å². The lowest BCUT2D eigenvalue weighted by atomic mass is 10.2. The highest BCUT2D eigenvalue weighted by molar-refractivity contribution is 4.41. The van der Waals surface area contributed by atoms with Crippen LogP contribution in [0.1, 0.15) is 791 Å². The summed E-state index contributed by atoms with van der Waals surface area (Å²) in [6.45, 7) is 89.3. The Morgan fingerprint density at radius 1 is 0.0496 bits per heavy atom. The number of rotatable bonds is 60. The molecule has 0 rings (SSSR count). The van der Waals surface area contributed by atoms with Crippen LogP contribution in [-0.2, 0) is 0 Å². The van der Waals surface area contributed by atoms with E-state index in [-0.39, 0.29) is 5.48 Å². The van der Waals surface area contributed by atoms with Crippen LogP contribution in [0.5, 0.6) is 0 Å². The Kier molecular flexibility index (Phi) is 382. The summed E-state index contributed by atoms with van der Waals surface area (Å²) in [5.74, 6) is 0. The number of hydrogen-bond acceptors (Lipinski definition) is 0. The molecule has 0 atom stereocenters. The van der Waals surface area contributed by atoms with Gasteiger partial charge in [0.15, 0.2) is 0 Å². The Morgan fingerprint density at radius 2 is 0.0661 bits per heavy atom. The standard InChI is InChI=1S/20C6H14.H2O/c20*1-3-5-6-4-2;/h20*3-6H2,1-2H3;1H2. The molecular formula is C120H282O. The third-order valence-corrected chi connectivity index (χ3v) is 19.1. The van der Waals surface area contributed by atoms with E-state index >= 15 is 0 Å². The quantitative estimate of drug-likeness (QED) is 0.0544. The average Bonchev–Trinajstić information content (AvgIpc) is 3.79. The van der Waals surface area contributed by atoms with E-state index in [4.69, 9.17) is 0 Å². The van der Waals surface area contributed by atoms with Gasteiger partial charge in [-0.05, 0) is 0 Å². The molecule has 2 N–H and O–H groups in total. The Labute approximate surface area is 791 Å². The molecule has 0 aromatic heterocycles. The van der Waals surface area contributed by atoms with Gasteiger partial charge in [-0.2, -0.15) is 0 Å². The second-order valence-corrected chi connectivity index (χ2v) is 34.1. The summed E-state index contributed by atoms with van der Waals surface area (Å²) >= 11 is 0. The molecule has 0 aromatic rings. The van der Waals surface area contributed by atoms with Crippen molar-refractivity contribution in [3.63, 3.8) is 0 Å². The molecule has 0 spiro atoms. The molecule has 0 aromatic carbocycles. The maximum Gasteiger partial charge on any atom is -0.0536 e. The van der Waals surface area contributed by atoms with Crippen molar-refractivity contribution in [2.24, 2.45) is 0 Å². The highest BCUT2D eigenvalue weighted by atomic mass is 16.0. The van der Waals surface area contributed by atoms with Gasteiger partial charge in [0.25, 0.3) is 0 Å². The molecule has 0 fully saturated rings. The highest BCUT2D eigenvalue weighted by Gasteiger charge is 1.85. The molecule has 0 saturated heterocycles. The van der Waals surface area contributed by atoms with Crippen molar-refractivity contribution in [1.82, 2.24) is 0 Å². The van der Waals surface area contributed by atoms with Crippen molar-refractivity contribution in [2.45, 2.75) is 791 Å². The van der Waals surface area contributed by atoms with Gasteiger partial charge >= 0.3 is 0 Å². The fourth-order valence-electron chi connectivity index (χ4n) is 10.00. The summed E-state index contributed by atoms with van der Waals surface area (Å²) < 4.78 is 0. The minimum Gasteiger partial charge on any atom is -0.412 e. The third kappa shape index (κ3) is 464. The maximum absolute atomic E-state index is 2.23. The van der Waals surface area contributed by atoms with E-state index in [9.17, 15) is 0 Å². The summed E-state index contributed by atoms with van der Waals surface area (Å²) in [4.78, 5) is 0. The minimum atomic E-state index is 0. The van der Waals surface area contributed by atoms with Gasteiger partial charge in [0.05, 0.1) is 0 Å². The Morgan fingerprint density at radius 3 is 0.0744 bits per heavy atom. The lowest BCUT2D eigenvalue weighted by Crippen LogP contribution is -1.66. The zero-order valence-corrected chi connectivity index (χ0v) is 97.1. The second-order valence-electron chi connectivity index (χ2n) is 34.1. The molecular weight excluding hydrogens is 1460 g/mol. The van der Waals surface area contributed by atoms with Crippen LogP contribution in [0.2, 0.25) is 0 Å². The van der Waals surface area contributed by atoms with E-state index < -0.39 is 0 Å². The van der Waals surface area contributed by atoms with Crippen LogP contribution in [-0.4, -0.2) is 5.48 Å². The largest absolute Gasteiger partial charge is 0.412 e. The van der Waals surface area contributed by atoms with Gasteiger partial charge in [-0.1, -0.05) is 791 Å². The first-order chi connectivity index (χ1) is 58.3. The van der Waals surface area contributed by atoms with Gasteiger partial charge in [-0.25, -0.2) is 0 Å². The molecule has 0 bridgehead atoms. The van der Waals surface area contributed by atoms with Crippen LogP contribution >= 0.6 is 0 Å². The molecule has 0 aliphatic heterocycles. The van der Waals surface area contributed by atoms with Crippen molar-refractivity contribution in [3.8, 4) is 0 Å². The van der Waals surface area contributed by atoms with Gasteiger partial charge < -0.3 is 5.48 Å². The molecule has 768 valence electrons. The Balaban J connectivity index is -0.0000000458. The molecule has 0 aliphatic carbocycles. The summed E-state index contributed by atoms with van der Waals surface area (Å²) in [7, 11) is 0. The highest BCUT2D eigenvalue weighted by Crippen LogP contribution is 2.05. The first-order valence-electron chi connectivity index (χ1n) is 58.3. The van der Waals surface area contributed by atoms with E-state index in [0.29, 0.717) is 0 Å². The van der Waals surface area contributed by atoms with Crippen molar-refractivity contribution in [2.75, 3.05) is 0 Å². The zero-order valence-electron chi connectivity index (χ0n) is 97.1. The molecule has 1 nitrogen and oxygen atoms in total. The van der Waals surface area contributed by atoms with Gasteiger partial charge in [0.2, 0.25) is 0 Å². The summed E-state index contributed by atoms with van der Waals surface area (Å²) in [6, 6.07) is 0. The van der Waals surface area contributed by atoms with Crippen molar-refractivity contribution in [1.29, 1.82) is 0 Å². The summed E-state index contributed by atoms with van der Waals surface area (Å²) in [5.41, 5.74) is 0. The first-order valence-corrected chi connectivity index (χ1v) is 58.3. The molecule has 1 heteroatoms. The predicted molar refractivity (Wildman–Crippen MR) is 600 cm³/mol. The Bertz CT molecular complexity index is 594. The molecule has 0 saturated carbocycles. The lowest BCUT2D eigenvalue weighted by molar-refractivity contribution is 0.702. The van der Waals surface area contributed by atoms with Crippen LogP contribution in [0.15, 0.2) is 0 Å². The van der Waals surface area contributed by atoms with E-state index in [1.807, 2.05) is 0 Å². The minimum absolute atomic E-state index is 0. The fourth-order valence-corrected chi connectivity index (χ4v) is 10.00. The third-order valence-electron chi connectivity index (χ3n) is 19.1. The summed E-state index contributed by atoms with van der Waals surface area (Å²) in [5, 5.41) is 0. The summed E-state index contributed by atoms with van der Waals surface area (Å²) in [6.07, 6.45) is 111. The van der Waals surface area contributed by atoms with Crippen molar-refractivity contribution >= 4 is 0 Å². The van der Waals surface area contributed by atoms with E-state index in [2.05, 4.69) is 277 Å². The molecule has 0 radical (unpaired) electrons. The fraction of sp³-hybridized carbons (Fsp3) is 1.00. The maximum atomic E-state index is 2.23. The second kappa shape index (κ2) is 266. The van der Waals surface area contributed by atoms with Gasteiger partial charge in [-0.3, -0.25) is 0 Å². The van der Waals surface area contributed by atoms with Crippen LogP contribution in [0.25, 0.3) is 0 Å². The van der Waals surface area contributed by atoms with Crippen LogP contribution in [0.4, 0.5) is 0 Å². The van der Waals surface area contributed by atoms with Crippen LogP contribution < -0.4 is 0 Å². The Hall–Kier alpha value is -0.0400. The zero-order chi connectivity index (χ0) is 96.6. The normalized spacial score (nSPS) is 8.93. The molecule has 121 heavy (non-hydrogen) atoms.